The fourth-order valence-corrected chi connectivity index (χ4v) is 4.58. The number of nitrogens with zero attached hydrogens (tertiary/aromatic N) is 3. The molecule has 0 bridgehead atoms. The van der Waals surface area contributed by atoms with E-state index in [0.29, 0.717) is 46.1 Å². The zero-order chi connectivity index (χ0) is 27.0. The quantitative estimate of drug-likeness (QED) is 0.212. The molecule has 38 heavy (non-hydrogen) atoms. The van der Waals surface area contributed by atoms with E-state index in [1.54, 1.807) is 54.7 Å². The number of benzene rings is 2. The fraction of sp³-hybridized carbons (Fsp3) is 0.214. The van der Waals surface area contributed by atoms with Gasteiger partial charge in [0.25, 0.3) is 5.78 Å². The van der Waals surface area contributed by atoms with Crippen LogP contribution in [0.4, 0.5) is 5.95 Å². The van der Waals surface area contributed by atoms with Gasteiger partial charge in [-0.1, -0.05) is 6.07 Å². The molecule has 1 unspecified atom stereocenters. The van der Waals surface area contributed by atoms with Crippen LogP contribution >= 0.6 is 0 Å². The average Bonchev–Trinajstić information content (AvgIpc) is 3.46. The molecule has 4 aromatic rings. The number of aromatic amines is 1. The van der Waals surface area contributed by atoms with Crippen molar-refractivity contribution >= 4 is 34.4 Å². The molecule has 2 aromatic heterocycles. The van der Waals surface area contributed by atoms with E-state index in [4.69, 9.17) is 14.2 Å². The second-order valence-corrected chi connectivity index (χ2v) is 8.62. The number of aliphatic hydroxyl groups excluding tert-OH is 1. The average molecular weight is 515 g/mol. The summed E-state index contributed by atoms with van der Waals surface area (Å²) < 4.78 is 16.3. The van der Waals surface area contributed by atoms with Crippen LogP contribution in [0, 0.1) is 6.92 Å². The van der Waals surface area contributed by atoms with Crippen LogP contribution in [0.3, 0.4) is 0 Å². The zero-order valence-corrected chi connectivity index (χ0v) is 21.3. The number of fused-ring (bicyclic) bond motifs is 1. The molecule has 1 amide bonds. The molecule has 5 rings (SSSR count). The van der Waals surface area contributed by atoms with Crippen LogP contribution in [-0.2, 0) is 9.59 Å². The SMILES string of the molecule is CCOc1ccc(/C(O)=C2\C(=O)C(=O)N(c3nc4cc(OC)c(OC)cc4[nH]3)C2c2ccccn2)cc1C. The first-order valence-corrected chi connectivity index (χ1v) is 11.9. The van der Waals surface area contributed by atoms with Gasteiger partial charge < -0.3 is 24.3 Å². The number of hydrogen-bond acceptors (Lipinski definition) is 8. The summed E-state index contributed by atoms with van der Waals surface area (Å²) in [5, 5.41) is 11.4. The number of aliphatic hydroxyl groups is 1. The number of methoxy groups -OCH3 is 2. The van der Waals surface area contributed by atoms with Gasteiger partial charge in [-0.3, -0.25) is 19.5 Å². The number of carbonyl (C=O) groups is 2. The van der Waals surface area contributed by atoms with E-state index in [2.05, 4.69) is 15.0 Å². The summed E-state index contributed by atoms with van der Waals surface area (Å²) in [7, 11) is 3.03. The van der Waals surface area contributed by atoms with Crippen LogP contribution < -0.4 is 19.1 Å². The van der Waals surface area contributed by atoms with E-state index in [0.717, 1.165) is 5.56 Å². The van der Waals surface area contributed by atoms with Gasteiger partial charge in [-0.25, -0.2) is 4.98 Å². The Morgan fingerprint density at radius 2 is 1.82 bits per heavy atom. The maximum Gasteiger partial charge on any atom is 0.302 e. The Morgan fingerprint density at radius 1 is 1.05 bits per heavy atom. The minimum Gasteiger partial charge on any atom is -0.507 e. The molecule has 10 nitrogen and oxygen atoms in total. The predicted molar refractivity (Wildman–Crippen MR) is 141 cm³/mol. The molecule has 194 valence electrons. The Hall–Kier alpha value is -4.86. The third kappa shape index (κ3) is 4.09. The molecule has 1 aliphatic heterocycles. The molecule has 3 heterocycles. The number of rotatable bonds is 7. The van der Waals surface area contributed by atoms with Crippen molar-refractivity contribution in [2.75, 3.05) is 25.7 Å². The van der Waals surface area contributed by atoms with Gasteiger partial charge in [0.15, 0.2) is 11.5 Å². The highest BCUT2D eigenvalue weighted by Gasteiger charge is 2.49. The molecule has 1 atom stereocenters. The first-order valence-electron chi connectivity index (χ1n) is 11.9. The van der Waals surface area contributed by atoms with Crippen molar-refractivity contribution < 1.29 is 28.9 Å². The molecule has 0 spiro atoms. The Balaban J connectivity index is 1.68. The summed E-state index contributed by atoms with van der Waals surface area (Å²) in [6.45, 7) is 4.21. The molecule has 1 fully saturated rings. The van der Waals surface area contributed by atoms with Crippen LogP contribution in [0.25, 0.3) is 16.8 Å². The van der Waals surface area contributed by atoms with Gasteiger partial charge in [0, 0.05) is 23.9 Å². The second-order valence-electron chi connectivity index (χ2n) is 8.62. The third-order valence-electron chi connectivity index (χ3n) is 6.36. The minimum absolute atomic E-state index is 0.0899. The van der Waals surface area contributed by atoms with Crippen molar-refractivity contribution in [3.63, 3.8) is 0 Å². The lowest BCUT2D eigenvalue weighted by molar-refractivity contribution is -0.132. The van der Waals surface area contributed by atoms with Crippen LogP contribution in [-0.4, -0.2) is 52.6 Å². The fourth-order valence-electron chi connectivity index (χ4n) is 4.58. The van der Waals surface area contributed by atoms with Crippen LogP contribution in [0.5, 0.6) is 17.2 Å². The monoisotopic (exact) mass is 514 g/mol. The Labute approximate surface area is 218 Å². The minimum atomic E-state index is -1.02. The summed E-state index contributed by atoms with van der Waals surface area (Å²) in [5.41, 5.74) is 2.53. The van der Waals surface area contributed by atoms with Gasteiger partial charge >= 0.3 is 5.91 Å². The van der Waals surface area contributed by atoms with Crippen molar-refractivity contribution in [2.24, 2.45) is 0 Å². The van der Waals surface area contributed by atoms with Crippen molar-refractivity contribution in [1.82, 2.24) is 15.0 Å². The number of hydrogen-bond donors (Lipinski definition) is 2. The maximum atomic E-state index is 13.4. The number of imidazole rings is 1. The van der Waals surface area contributed by atoms with Gasteiger partial charge in [0.05, 0.1) is 43.1 Å². The van der Waals surface area contributed by atoms with E-state index in [1.807, 2.05) is 13.8 Å². The number of ketones is 1. The van der Waals surface area contributed by atoms with E-state index < -0.39 is 17.7 Å². The van der Waals surface area contributed by atoms with Gasteiger partial charge in [-0.05, 0) is 49.7 Å². The van der Waals surface area contributed by atoms with E-state index >= 15 is 0 Å². The van der Waals surface area contributed by atoms with Crippen LogP contribution in [0.1, 0.15) is 29.8 Å². The third-order valence-corrected chi connectivity index (χ3v) is 6.36. The number of Topliss-reactive ketones (excluding diaryl/α,β-unsaturated/α-hetero) is 1. The Bertz CT molecular complexity index is 1540. The van der Waals surface area contributed by atoms with E-state index in [9.17, 15) is 14.7 Å². The van der Waals surface area contributed by atoms with Gasteiger partial charge in [0.1, 0.15) is 17.6 Å². The molecule has 1 aliphatic rings. The van der Waals surface area contributed by atoms with E-state index in [-0.39, 0.29) is 17.3 Å². The second kappa shape index (κ2) is 9.89. The lowest BCUT2D eigenvalue weighted by Crippen LogP contribution is -2.30. The summed E-state index contributed by atoms with van der Waals surface area (Å²) in [6, 6.07) is 12.6. The first kappa shape index (κ1) is 24.8. The molecule has 1 saturated heterocycles. The topological polar surface area (TPSA) is 127 Å². The molecule has 10 heteroatoms. The highest BCUT2D eigenvalue weighted by atomic mass is 16.5. The summed E-state index contributed by atoms with van der Waals surface area (Å²) >= 11 is 0. The number of ether oxygens (including phenoxy) is 3. The van der Waals surface area contributed by atoms with Crippen molar-refractivity contribution in [1.29, 1.82) is 0 Å². The molecular formula is C28H26N4O6. The number of aromatic nitrogens is 3. The van der Waals surface area contributed by atoms with Crippen LogP contribution in [0.15, 0.2) is 60.3 Å². The first-order chi connectivity index (χ1) is 18.4. The zero-order valence-electron chi connectivity index (χ0n) is 21.3. The number of H-pyrrole nitrogens is 1. The standard InChI is InChI=1S/C28H26N4O6/c1-5-38-20-10-9-16(12-15(20)2)25(33)23-24(17-8-6-7-11-29-17)32(27(35)26(23)34)28-30-18-13-21(36-3)22(37-4)14-19(18)31-28/h6-14,24,33H,5H2,1-4H3,(H,30,31)/b25-23+. The van der Waals surface area contributed by atoms with Crippen LogP contribution in [0.2, 0.25) is 0 Å². The molecular weight excluding hydrogens is 488 g/mol. The summed E-state index contributed by atoms with van der Waals surface area (Å²) in [4.78, 5) is 40.1. The van der Waals surface area contributed by atoms with Crippen molar-refractivity contribution in [2.45, 2.75) is 19.9 Å². The number of pyridine rings is 1. The van der Waals surface area contributed by atoms with Gasteiger partial charge in [-0.15, -0.1) is 0 Å². The number of nitrogens with one attached hydrogen (secondary N) is 1. The molecule has 0 aliphatic carbocycles. The van der Waals surface area contributed by atoms with Gasteiger partial charge in [0.2, 0.25) is 5.95 Å². The normalized spacial score (nSPS) is 16.7. The number of aryl methyl sites for hydroxylation is 1. The van der Waals surface area contributed by atoms with Crippen molar-refractivity contribution in [3.05, 3.63) is 77.1 Å². The highest BCUT2D eigenvalue weighted by molar-refractivity contribution is 6.51. The lowest BCUT2D eigenvalue weighted by atomic mass is 9.97. The number of anilines is 1. The maximum absolute atomic E-state index is 13.4. The molecule has 0 saturated carbocycles. The molecule has 2 N–H and O–H groups in total. The van der Waals surface area contributed by atoms with Crippen molar-refractivity contribution in [3.8, 4) is 17.2 Å². The molecule has 0 radical (unpaired) electrons. The Kier molecular flexibility index (Phi) is 6.46. The predicted octanol–water partition coefficient (Wildman–Crippen LogP) is 4.31. The smallest absolute Gasteiger partial charge is 0.302 e. The number of amides is 1. The lowest BCUT2D eigenvalue weighted by Gasteiger charge is -2.22. The number of carbonyl (C=O) groups excluding carboxylic acids is 2. The van der Waals surface area contributed by atoms with E-state index in [1.165, 1.54) is 19.1 Å². The summed E-state index contributed by atoms with van der Waals surface area (Å²) in [5.74, 6) is -0.277. The van der Waals surface area contributed by atoms with Gasteiger partial charge in [-0.2, -0.15) is 0 Å². The Morgan fingerprint density at radius 3 is 2.47 bits per heavy atom. The largest absolute Gasteiger partial charge is 0.507 e. The molecule has 2 aromatic carbocycles. The summed E-state index contributed by atoms with van der Waals surface area (Å²) in [6.07, 6.45) is 1.56. The highest BCUT2D eigenvalue weighted by Crippen LogP contribution is 2.42.